The smallest absolute Gasteiger partial charge is 0.326 e. The molecule has 1 N–H and O–H groups in total. The Labute approximate surface area is 113 Å². The summed E-state index contributed by atoms with van der Waals surface area (Å²) in [5.74, 6) is 0. The SMILES string of the molecule is O=c1[nH]c2c(Br)cccc2n1CC1CCCCO1. The Kier molecular flexibility index (Phi) is 3.26. The highest BCUT2D eigenvalue weighted by Gasteiger charge is 2.17. The topological polar surface area (TPSA) is 47.0 Å². The second kappa shape index (κ2) is 4.90. The second-order valence-corrected chi connectivity index (χ2v) is 5.52. The van der Waals surface area contributed by atoms with Crippen LogP contribution in [0.15, 0.2) is 27.5 Å². The van der Waals surface area contributed by atoms with Crippen LogP contribution in [0.1, 0.15) is 19.3 Å². The number of nitrogens with zero attached hydrogens (tertiary/aromatic N) is 1. The van der Waals surface area contributed by atoms with Gasteiger partial charge in [-0.2, -0.15) is 0 Å². The molecule has 1 aliphatic heterocycles. The fourth-order valence-electron chi connectivity index (χ4n) is 2.48. The van der Waals surface area contributed by atoms with Gasteiger partial charge in [-0.25, -0.2) is 4.79 Å². The average Bonchev–Trinajstić information content (AvgIpc) is 2.70. The van der Waals surface area contributed by atoms with E-state index in [4.69, 9.17) is 4.74 Å². The van der Waals surface area contributed by atoms with Gasteiger partial charge >= 0.3 is 5.69 Å². The number of ether oxygens (including phenoxy) is 1. The zero-order valence-electron chi connectivity index (χ0n) is 9.99. The first kappa shape index (κ1) is 12.0. The number of hydrogen-bond acceptors (Lipinski definition) is 2. The molecule has 0 aliphatic carbocycles. The lowest BCUT2D eigenvalue weighted by molar-refractivity contribution is 0.00613. The number of imidazole rings is 1. The number of para-hydroxylation sites is 1. The summed E-state index contributed by atoms with van der Waals surface area (Å²) in [5.41, 5.74) is 1.73. The van der Waals surface area contributed by atoms with Gasteiger partial charge in [0, 0.05) is 11.1 Å². The third-order valence-electron chi connectivity index (χ3n) is 3.42. The van der Waals surface area contributed by atoms with Crippen molar-refractivity contribution in [3.63, 3.8) is 0 Å². The van der Waals surface area contributed by atoms with Crippen molar-refractivity contribution in [3.05, 3.63) is 33.2 Å². The summed E-state index contributed by atoms with van der Waals surface area (Å²) in [4.78, 5) is 14.9. The van der Waals surface area contributed by atoms with Crippen molar-refractivity contribution in [2.45, 2.75) is 31.9 Å². The Balaban J connectivity index is 1.98. The molecule has 0 amide bonds. The van der Waals surface area contributed by atoms with Crippen molar-refractivity contribution in [1.82, 2.24) is 9.55 Å². The van der Waals surface area contributed by atoms with Gasteiger partial charge in [0.25, 0.3) is 0 Å². The van der Waals surface area contributed by atoms with Crippen molar-refractivity contribution in [3.8, 4) is 0 Å². The molecule has 5 heteroatoms. The van der Waals surface area contributed by atoms with Gasteiger partial charge in [-0.05, 0) is 47.3 Å². The minimum Gasteiger partial charge on any atom is -0.376 e. The first-order valence-electron chi connectivity index (χ1n) is 6.24. The van der Waals surface area contributed by atoms with Gasteiger partial charge in [0.05, 0.1) is 23.7 Å². The van der Waals surface area contributed by atoms with Crippen molar-refractivity contribution < 1.29 is 4.74 Å². The molecule has 1 atom stereocenters. The molecule has 1 saturated heterocycles. The molecule has 2 aromatic rings. The number of rotatable bonds is 2. The molecule has 1 fully saturated rings. The van der Waals surface area contributed by atoms with Crippen molar-refractivity contribution in [2.24, 2.45) is 0 Å². The van der Waals surface area contributed by atoms with E-state index in [0.29, 0.717) is 6.54 Å². The fourth-order valence-corrected chi connectivity index (χ4v) is 2.94. The lowest BCUT2D eigenvalue weighted by atomic mass is 10.1. The van der Waals surface area contributed by atoms with Crippen molar-refractivity contribution in [1.29, 1.82) is 0 Å². The predicted octanol–water partition coefficient (Wildman–Crippen LogP) is 2.66. The minimum atomic E-state index is -0.0638. The molecule has 4 nitrogen and oxygen atoms in total. The zero-order chi connectivity index (χ0) is 12.5. The number of H-pyrrole nitrogens is 1. The normalized spacial score (nSPS) is 20.4. The summed E-state index contributed by atoms with van der Waals surface area (Å²) in [5, 5.41) is 0. The van der Waals surface area contributed by atoms with Gasteiger partial charge in [-0.3, -0.25) is 4.57 Å². The average molecular weight is 311 g/mol. The third kappa shape index (κ3) is 2.12. The zero-order valence-corrected chi connectivity index (χ0v) is 11.6. The fraction of sp³-hybridized carbons (Fsp3) is 0.462. The van der Waals surface area contributed by atoms with Gasteiger partial charge in [0.1, 0.15) is 0 Å². The number of aromatic amines is 1. The molecule has 0 saturated carbocycles. The Hall–Kier alpha value is -1.07. The minimum absolute atomic E-state index is 0.0638. The molecular formula is C13H15BrN2O2. The highest BCUT2D eigenvalue weighted by molar-refractivity contribution is 9.10. The number of aromatic nitrogens is 2. The number of hydrogen-bond donors (Lipinski definition) is 1. The maximum absolute atomic E-state index is 12.0. The van der Waals surface area contributed by atoms with E-state index in [-0.39, 0.29) is 11.8 Å². The number of halogens is 1. The molecule has 2 heterocycles. The lowest BCUT2D eigenvalue weighted by Gasteiger charge is -2.22. The van der Waals surface area contributed by atoms with Crippen molar-refractivity contribution in [2.75, 3.05) is 6.61 Å². The molecule has 0 spiro atoms. The van der Waals surface area contributed by atoms with Crippen LogP contribution in [0.5, 0.6) is 0 Å². The van der Waals surface area contributed by atoms with E-state index in [0.717, 1.165) is 35.0 Å². The monoisotopic (exact) mass is 310 g/mol. The maximum atomic E-state index is 12.0. The summed E-state index contributed by atoms with van der Waals surface area (Å²) in [6.45, 7) is 1.45. The van der Waals surface area contributed by atoms with Gasteiger partial charge < -0.3 is 9.72 Å². The molecular weight excluding hydrogens is 296 g/mol. The molecule has 0 radical (unpaired) electrons. The molecule has 1 aromatic heterocycles. The summed E-state index contributed by atoms with van der Waals surface area (Å²) < 4.78 is 8.39. The maximum Gasteiger partial charge on any atom is 0.326 e. The first-order chi connectivity index (χ1) is 8.75. The van der Waals surface area contributed by atoms with Crippen LogP contribution in [-0.2, 0) is 11.3 Å². The summed E-state index contributed by atoms with van der Waals surface area (Å²) in [6.07, 6.45) is 3.51. The van der Waals surface area contributed by atoms with Gasteiger partial charge in [0.2, 0.25) is 0 Å². The van der Waals surface area contributed by atoms with Gasteiger partial charge in [-0.15, -0.1) is 0 Å². The Morgan fingerprint density at radius 2 is 2.33 bits per heavy atom. The number of fused-ring (bicyclic) bond motifs is 1. The van der Waals surface area contributed by atoms with E-state index in [2.05, 4.69) is 20.9 Å². The molecule has 0 bridgehead atoms. The Morgan fingerprint density at radius 1 is 1.44 bits per heavy atom. The summed E-state index contributed by atoms with van der Waals surface area (Å²) in [7, 11) is 0. The largest absolute Gasteiger partial charge is 0.376 e. The van der Waals surface area contributed by atoms with Crippen LogP contribution in [0.25, 0.3) is 11.0 Å². The highest BCUT2D eigenvalue weighted by atomic mass is 79.9. The van der Waals surface area contributed by atoms with E-state index in [1.54, 1.807) is 4.57 Å². The van der Waals surface area contributed by atoms with E-state index < -0.39 is 0 Å². The quantitative estimate of drug-likeness (QED) is 0.927. The lowest BCUT2D eigenvalue weighted by Crippen LogP contribution is -2.29. The molecule has 18 heavy (non-hydrogen) atoms. The molecule has 96 valence electrons. The van der Waals surface area contributed by atoms with E-state index in [9.17, 15) is 4.79 Å². The number of nitrogens with one attached hydrogen (secondary N) is 1. The van der Waals surface area contributed by atoms with Gasteiger partial charge in [-0.1, -0.05) is 6.07 Å². The molecule has 1 unspecified atom stereocenters. The van der Waals surface area contributed by atoms with Crippen LogP contribution in [-0.4, -0.2) is 22.3 Å². The first-order valence-corrected chi connectivity index (χ1v) is 7.03. The van der Waals surface area contributed by atoms with Crippen LogP contribution < -0.4 is 5.69 Å². The summed E-state index contributed by atoms with van der Waals surface area (Å²) >= 11 is 3.45. The number of benzene rings is 1. The summed E-state index contributed by atoms with van der Waals surface area (Å²) in [6, 6.07) is 5.83. The Morgan fingerprint density at radius 3 is 3.11 bits per heavy atom. The van der Waals surface area contributed by atoms with Crippen LogP contribution in [0.2, 0.25) is 0 Å². The standard InChI is InChI=1S/C13H15BrN2O2/c14-10-5-3-6-11-12(10)15-13(17)16(11)8-9-4-1-2-7-18-9/h3,5-6,9H,1-2,4,7-8H2,(H,15,17). The van der Waals surface area contributed by atoms with Crippen LogP contribution in [0.3, 0.4) is 0 Å². The third-order valence-corrected chi connectivity index (χ3v) is 4.08. The molecule has 3 rings (SSSR count). The van der Waals surface area contributed by atoms with Crippen molar-refractivity contribution >= 4 is 27.0 Å². The van der Waals surface area contributed by atoms with Crippen LogP contribution in [0.4, 0.5) is 0 Å². The van der Waals surface area contributed by atoms with E-state index in [1.165, 1.54) is 6.42 Å². The second-order valence-electron chi connectivity index (χ2n) is 4.66. The molecule has 1 aromatic carbocycles. The van der Waals surface area contributed by atoms with Gasteiger partial charge in [0.15, 0.2) is 0 Å². The van der Waals surface area contributed by atoms with E-state index >= 15 is 0 Å². The van der Waals surface area contributed by atoms with Crippen LogP contribution >= 0.6 is 15.9 Å². The Bertz CT molecular complexity index is 611. The van der Waals surface area contributed by atoms with Crippen LogP contribution in [0, 0.1) is 0 Å². The van der Waals surface area contributed by atoms with E-state index in [1.807, 2.05) is 18.2 Å². The highest BCUT2D eigenvalue weighted by Crippen LogP contribution is 2.22. The molecule has 1 aliphatic rings. The predicted molar refractivity (Wildman–Crippen MR) is 73.8 cm³/mol.